The molecule has 2 fully saturated rings. The van der Waals surface area contributed by atoms with Gasteiger partial charge in [-0.05, 0) is 24.1 Å². The summed E-state index contributed by atoms with van der Waals surface area (Å²) in [6.07, 6.45) is -0.222. The van der Waals surface area contributed by atoms with Gasteiger partial charge < -0.3 is 20.1 Å². The fraction of sp³-hybridized carbons (Fsp3) is 0.533. The zero-order valence-corrected chi connectivity index (χ0v) is 11.7. The minimum atomic E-state index is -0.451. The topological polar surface area (TPSA) is 61.8 Å². The van der Waals surface area contributed by atoms with E-state index in [9.17, 15) is 14.3 Å². The van der Waals surface area contributed by atoms with Crippen LogP contribution in [0.4, 0.5) is 4.39 Å². The van der Waals surface area contributed by atoms with Crippen LogP contribution in [-0.4, -0.2) is 54.3 Å². The molecule has 1 aromatic rings. The van der Waals surface area contributed by atoms with Gasteiger partial charge in [0.2, 0.25) is 5.91 Å². The van der Waals surface area contributed by atoms with E-state index in [0.29, 0.717) is 32.7 Å². The Bertz CT molecular complexity index is 508. The van der Waals surface area contributed by atoms with Crippen molar-refractivity contribution in [2.24, 2.45) is 0 Å². The van der Waals surface area contributed by atoms with Gasteiger partial charge in [0.1, 0.15) is 11.9 Å². The number of carbonyl (C=O) groups excluding carboxylic acids is 1. The lowest BCUT2D eigenvalue weighted by molar-refractivity contribution is -0.141. The third-order valence-electron chi connectivity index (χ3n) is 4.03. The number of morpholine rings is 1. The lowest BCUT2D eigenvalue weighted by Crippen LogP contribution is -2.49. The molecule has 1 amide bonds. The SMILES string of the molecule is O=C([C@@H]1C[C@H](O)CN1)N1CCO[C@H](c2ccc(F)cc2)C1. The molecular weight excluding hydrogens is 275 g/mol. The molecule has 0 aromatic heterocycles. The van der Waals surface area contributed by atoms with E-state index in [1.165, 1.54) is 12.1 Å². The number of β-amino-alcohol motifs (C(OH)–C–C–N with tert-alkyl or cyclic N) is 1. The lowest BCUT2D eigenvalue weighted by Gasteiger charge is -2.34. The van der Waals surface area contributed by atoms with Gasteiger partial charge in [-0.1, -0.05) is 12.1 Å². The highest BCUT2D eigenvalue weighted by Crippen LogP contribution is 2.23. The maximum absolute atomic E-state index is 13.0. The van der Waals surface area contributed by atoms with Crippen LogP contribution in [0.1, 0.15) is 18.1 Å². The molecule has 2 saturated heterocycles. The van der Waals surface area contributed by atoms with Crippen LogP contribution in [0.25, 0.3) is 0 Å². The first kappa shape index (κ1) is 14.4. The van der Waals surface area contributed by atoms with Crippen molar-refractivity contribution in [3.63, 3.8) is 0 Å². The van der Waals surface area contributed by atoms with Crippen molar-refractivity contribution in [1.29, 1.82) is 0 Å². The molecule has 0 bridgehead atoms. The van der Waals surface area contributed by atoms with Gasteiger partial charge in [-0.2, -0.15) is 0 Å². The molecule has 3 rings (SSSR count). The van der Waals surface area contributed by atoms with Crippen molar-refractivity contribution in [3.05, 3.63) is 35.6 Å². The number of aliphatic hydroxyl groups excluding tert-OH is 1. The third-order valence-corrected chi connectivity index (χ3v) is 4.03. The van der Waals surface area contributed by atoms with Crippen molar-refractivity contribution in [1.82, 2.24) is 10.2 Å². The molecule has 3 atom stereocenters. The Balaban J connectivity index is 1.65. The average Bonchev–Trinajstić information content (AvgIpc) is 2.94. The second kappa shape index (κ2) is 6.09. The van der Waals surface area contributed by atoms with Crippen molar-refractivity contribution in [2.45, 2.75) is 24.7 Å². The maximum atomic E-state index is 13.0. The molecule has 114 valence electrons. The Morgan fingerprint density at radius 2 is 2.14 bits per heavy atom. The summed E-state index contributed by atoms with van der Waals surface area (Å²) in [5.41, 5.74) is 0.869. The molecular formula is C15H19FN2O3. The van der Waals surface area contributed by atoms with Gasteiger partial charge in [0.05, 0.1) is 25.3 Å². The van der Waals surface area contributed by atoms with E-state index in [1.54, 1.807) is 17.0 Å². The summed E-state index contributed by atoms with van der Waals surface area (Å²) < 4.78 is 18.6. The van der Waals surface area contributed by atoms with E-state index in [4.69, 9.17) is 4.74 Å². The number of hydrogen-bond donors (Lipinski definition) is 2. The monoisotopic (exact) mass is 294 g/mol. The Kier molecular flexibility index (Phi) is 4.19. The van der Waals surface area contributed by atoms with Crippen LogP contribution in [0.3, 0.4) is 0 Å². The van der Waals surface area contributed by atoms with Gasteiger partial charge in [0.15, 0.2) is 0 Å². The molecule has 2 aliphatic rings. The van der Waals surface area contributed by atoms with Crippen molar-refractivity contribution in [2.75, 3.05) is 26.2 Å². The quantitative estimate of drug-likeness (QED) is 0.831. The number of carbonyl (C=O) groups is 1. The normalized spacial score (nSPS) is 29.6. The zero-order valence-electron chi connectivity index (χ0n) is 11.7. The van der Waals surface area contributed by atoms with Crippen LogP contribution in [0, 0.1) is 5.82 Å². The molecule has 2 aliphatic heterocycles. The lowest BCUT2D eigenvalue weighted by atomic mass is 10.1. The Hall–Kier alpha value is -1.50. The van der Waals surface area contributed by atoms with Crippen molar-refractivity contribution < 1.29 is 19.0 Å². The average molecular weight is 294 g/mol. The van der Waals surface area contributed by atoms with E-state index in [1.807, 2.05) is 0 Å². The smallest absolute Gasteiger partial charge is 0.239 e. The number of nitrogens with zero attached hydrogens (tertiary/aromatic N) is 1. The second-order valence-corrected chi connectivity index (χ2v) is 5.55. The molecule has 0 spiro atoms. The summed E-state index contributed by atoms with van der Waals surface area (Å²) in [4.78, 5) is 14.2. The summed E-state index contributed by atoms with van der Waals surface area (Å²) in [6.45, 7) is 1.93. The molecule has 21 heavy (non-hydrogen) atoms. The molecule has 0 aliphatic carbocycles. The number of aliphatic hydroxyl groups is 1. The molecule has 0 unspecified atom stereocenters. The highest BCUT2D eigenvalue weighted by molar-refractivity contribution is 5.82. The molecule has 1 aromatic carbocycles. The van der Waals surface area contributed by atoms with Crippen LogP contribution < -0.4 is 5.32 Å². The number of nitrogens with one attached hydrogen (secondary N) is 1. The fourth-order valence-corrected chi connectivity index (χ4v) is 2.85. The molecule has 0 saturated carbocycles. The predicted octanol–water partition coefficient (Wildman–Crippen LogP) is 0.448. The number of halogens is 1. The largest absolute Gasteiger partial charge is 0.392 e. The molecule has 2 heterocycles. The number of hydrogen-bond acceptors (Lipinski definition) is 4. The summed E-state index contributed by atoms with van der Waals surface area (Å²) in [7, 11) is 0. The minimum Gasteiger partial charge on any atom is -0.392 e. The van der Waals surface area contributed by atoms with E-state index < -0.39 is 6.10 Å². The molecule has 0 radical (unpaired) electrons. The van der Waals surface area contributed by atoms with Crippen LogP contribution in [0.2, 0.25) is 0 Å². The Labute approximate surface area is 122 Å². The van der Waals surface area contributed by atoms with E-state index >= 15 is 0 Å². The molecule has 5 nitrogen and oxygen atoms in total. The van der Waals surface area contributed by atoms with Crippen molar-refractivity contribution in [3.8, 4) is 0 Å². The first-order chi connectivity index (χ1) is 10.1. The van der Waals surface area contributed by atoms with Gasteiger partial charge in [-0.25, -0.2) is 4.39 Å². The number of ether oxygens (including phenoxy) is 1. The highest BCUT2D eigenvalue weighted by atomic mass is 19.1. The van der Waals surface area contributed by atoms with E-state index in [-0.39, 0.29) is 23.9 Å². The summed E-state index contributed by atoms with van der Waals surface area (Å²) in [6, 6.07) is 5.85. The Morgan fingerprint density at radius 1 is 1.38 bits per heavy atom. The summed E-state index contributed by atoms with van der Waals surface area (Å²) in [5, 5.41) is 12.5. The second-order valence-electron chi connectivity index (χ2n) is 5.55. The minimum absolute atomic E-state index is 0.00182. The number of amides is 1. The fourth-order valence-electron chi connectivity index (χ4n) is 2.85. The van der Waals surface area contributed by atoms with Gasteiger partial charge in [-0.15, -0.1) is 0 Å². The highest BCUT2D eigenvalue weighted by Gasteiger charge is 2.34. The molecule has 6 heteroatoms. The summed E-state index contributed by atoms with van der Waals surface area (Å²) in [5.74, 6) is -0.284. The number of benzene rings is 1. The van der Waals surface area contributed by atoms with Crippen LogP contribution >= 0.6 is 0 Å². The molecule has 2 N–H and O–H groups in total. The van der Waals surface area contributed by atoms with Crippen LogP contribution in [-0.2, 0) is 9.53 Å². The van der Waals surface area contributed by atoms with Gasteiger partial charge in [0.25, 0.3) is 0 Å². The number of rotatable bonds is 2. The van der Waals surface area contributed by atoms with Crippen LogP contribution in [0.15, 0.2) is 24.3 Å². The predicted molar refractivity (Wildman–Crippen MR) is 74.1 cm³/mol. The van der Waals surface area contributed by atoms with Gasteiger partial charge in [-0.3, -0.25) is 4.79 Å². The third kappa shape index (κ3) is 3.23. The van der Waals surface area contributed by atoms with E-state index in [0.717, 1.165) is 5.56 Å². The zero-order chi connectivity index (χ0) is 14.8. The van der Waals surface area contributed by atoms with Gasteiger partial charge >= 0.3 is 0 Å². The van der Waals surface area contributed by atoms with E-state index in [2.05, 4.69) is 5.32 Å². The standard InChI is InChI=1S/C15H19FN2O3/c16-11-3-1-10(2-4-11)14-9-18(5-6-21-14)15(20)13-7-12(19)8-17-13/h1-4,12-14,17,19H,5-9H2/t12-,13-,14-/m0/s1. The van der Waals surface area contributed by atoms with Crippen LogP contribution in [0.5, 0.6) is 0 Å². The Morgan fingerprint density at radius 3 is 2.81 bits per heavy atom. The first-order valence-corrected chi connectivity index (χ1v) is 7.21. The van der Waals surface area contributed by atoms with Crippen molar-refractivity contribution >= 4 is 5.91 Å². The van der Waals surface area contributed by atoms with Gasteiger partial charge in [0, 0.05) is 13.1 Å². The maximum Gasteiger partial charge on any atom is 0.239 e. The summed E-state index contributed by atoms with van der Waals surface area (Å²) >= 11 is 0. The first-order valence-electron chi connectivity index (χ1n) is 7.21.